The number of ether oxygens (including phenoxy) is 1. The van der Waals surface area contributed by atoms with Crippen molar-refractivity contribution in [2.45, 2.75) is 131 Å². The highest BCUT2D eigenvalue weighted by molar-refractivity contribution is 6.74. The first-order chi connectivity index (χ1) is 30.6. The van der Waals surface area contributed by atoms with Gasteiger partial charge in [-0.1, -0.05) is 95.1 Å². The van der Waals surface area contributed by atoms with E-state index in [2.05, 4.69) is 88.2 Å². The summed E-state index contributed by atoms with van der Waals surface area (Å²) < 4.78 is 18.5. The van der Waals surface area contributed by atoms with Crippen LogP contribution in [0.3, 0.4) is 0 Å². The van der Waals surface area contributed by atoms with Crippen LogP contribution in [0.2, 0.25) is 46.3 Å². The first-order valence-electron chi connectivity index (χ1n) is 22.7. The number of rotatable bonds is 15. The Labute approximate surface area is 404 Å². The first kappa shape index (κ1) is 52.8. The van der Waals surface area contributed by atoms with E-state index in [1.807, 2.05) is 33.8 Å². The summed E-state index contributed by atoms with van der Waals surface area (Å²) in [6.07, 6.45) is 1.97. The number of halogens is 2. The number of amides is 3. The number of nitrogens with one attached hydrogen (secondary N) is 2. The van der Waals surface area contributed by atoms with Crippen LogP contribution in [0, 0.1) is 6.92 Å². The second-order valence-electron chi connectivity index (χ2n) is 21.2. The number of aryl methyl sites for hydroxylation is 1. The molecule has 2 aromatic heterocycles. The Kier molecular flexibility index (Phi) is 16.8. The molecule has 3 heterocycles. The van der Waals surface area contributed by atoms with E-state index in [4.69, 9.17) is 41.8 Å². The van der Waals surface area contributed by atoms with E-state index >= 15 is 0 Å². The molecule has 66 heavy (non-hydrogen) atoms. The van der Waals surface area contributed by atoms with Crippen molar-refractivity contribution in [2.75, 3.05) is 43.5 Å². The minimum atomic E-state index is -2.04. The third-order valence-corrected chi connectivity index (χ3v) is 22.8. The number of carbonyl (C=O) groups is 3. The largest absolute Gasteiger partial charge is 0.444 e. The third-order valence-electron chi connectivity index (χ3n) is 12.9. The Balaban J connectivity index is 1.25. The van der Waals surface area contributed by atoms with Crippen LogP contribution >= 0.6 is 23.2 Å². The Bertz CT molecular complexity index is 2390. The normalized spacial score (nSPS) is 13.8. The van der Waals surface area contributed by atoms with Gasteiger partial charge in [0.2, 0.25) is 0 Å². The van der Waals surface area contributed by atoms with Gasteiger partial charge >= 0.3 is 6.09 Å². The molecule has 0 spiro atoms. The molecule has 2 N–H and O–H groups in total. The molecule has 0 unspecified atom stereocenters. The van der Waals surface area contributed by atoms with Crippen molar-refractivity contribution in [1.82, 2.24) is 19.8 Å². The monoisotopic (exact) mass is 976 g/mol. The zero-order valence-electron chi connectivity index (χ0n) is 41.4. The topological polar surface area (TPSA) is 135 Å². The van der Waals surface area contributed by atoms with E-state index < -0.39 is 34.2 Å². The zero-order chi connectivity index (χ0) is 49.0. The summed E-state index contributed by atoms with van der Waals surface area (Å²) in [6, 6.07) is 15.7. The van der Waals surface area contributed by atoms with Gasteiger partial charge in [-0.05, 0) is 111 Å². The first-order valence-corrected chi connectivity index (χ1v) is 29.3. The second-order valence-corrected chi connectivity index (χ2v) is 31.6. The smallest absolute Gasteiger partial charge is 0.410 e. The predicted octanol–water partition coefficient (Wildman–Crippen LogP) is 12.4. The van der Waals surface area contributed by atoms with Crippen molar-refractivity contribution in [3.05, 3.63) is 105 Å². The lowest BCUT2D eigenvalue weighted by molar-refractivity contribution is 0.0205. The van der Waals surface area contributed by atoms with Crippen LogP contribution in [0.25, 0.3) is 11.1 Å². The van der Waals surface area contributed by atoms with E-state index in [1.54, 1.807) is 59.6 Å². The van der Waals surface area contributed by atoms with Crippen molar-refractivity contribution in [3.63, 3.8) is 0 Å². The lowest BCUT2D eigenvalue weighted by atomic mass is 9.99. The van der Waals surface area contributed by atoms with Crippen LogP contribution in [0.1, 0.15) is 106 Å². The number of nitrogens with zero attached hydrogens (tertiary/aromatic N) is 4. The maximum Gasteiger partial charge on any atom is 0.410 e. The van der Waals surface area contributed by atoms with E-state index in [1.165, 1.54) is 5.56 Å². The number of hydrogen-bond acceptors (Lipinski definition) is 9. The van der Waals surface area contributed by atoms with Gasteiger partial charge in [0.05, 0.1) is 40.3 Å². The molecule has 4 aromatic rings. The number of pyridine rings is 2. The van der Waals surface area contributed by atoms with Crippen molar-refractivity contribution in [2.24, 2.45) is 0 Å². The van der Waals surface area contributed by atoms with Crippen LogP contribution in [0.5, 0.6) is 0 Å². The predicted molar refractivity (Wildman–Crippen MR) is 273 cm³/mol. The summed E-state index contributed by atoms with van der Waals surface area (Å²) in [4.78, 5) is 53.8. The highest BCUT2D eigenvalue weighted by Gasteiger charge is 2.38. The second kappa shape index (κ2) is 21.0. The molecule has 358 valence electrons. The highest BCUT2D eigenvalue weighted by Crippen LogP contribution is 2.41. The number of anilines is 2. The molecule has 0 atom stereocenters. The SMILES string of the molecule is Cc1cc(C(=O)Nc2cccc(-c3cccc(NC(=O)c4ccc(CN(CCO[Si](C)(C)C(C)(C)C)C(=O)OC(C)(C)C)cn4)c3Cl)c2Cl)nc2c1CCN(CCO[Si](C)(C)C(C)(C)C)C2. The Morgan fingerprint density at radius 3 is 1.83 bits per heavy atom. The number of benzene rings is 2. The van der Waals surface area contributed by atoms with Crippen LogP contribution in [0.4, 0.5) is 16.2 Å². The van der Waals surface area contributed by atoms with Crippen molar-refractivity contribution >= 4 is 69.1 Å². The molecule has 16 heteroatoms. The van der Waals surface area contributed by atoms with Gasteiger partial charge in [-0.25, -0.2) is 9.78 Å². The summed E-state index contributed by atoms with van der Waals surface area (Å²) in [5.74, 6) is -0.855. The van der Waals surface area contributed by atoms with Crippen molar-refractivity contribution < 1.29 is 28.0 Å². The fourth-order valence-electron chi connectivity index (χ4n) is 6.86. The number of aromatic nitrogens is 2. The number of fused-ring (bicyclic) bond motifs is 1. The van der Waals surface area contributed by atoms with Gasteiger partial charge in [-0.2, -0.15) is 0 Å². The van der Waals surface area contributed by atoms with Crippen LogP contribution in [-0.2, 0) is 33.1 Å². The van der Waals surface area contributed by atoms with E-state index in [9.17, 15) is 14.4 Å². The minimum Gasteiger partial charge on any atom is -0.444 e. The van der Waals surface area contributed by atoms with Gasteiger partial charge in [0.15, 0.2) is 16.6 Å². The minimum absolute atomic E-state index is 0.0271. The molecule has 0 saturated heterocycles. The molecule has 0 fully saturated rings. The summed E-state index contributed by atoms with van der Waals surface area (Å²) in [7, 11) is -3.89. The van der Waals surface area contributed by atoms with Gasteiger partial charge in [0, 0.05) is 50.1 Å². The van der Waals surface area contributed by atoms with E-state index in [0.717, 1.165) is 30.8 Å². The quantitative estimate of drug-likeness (QED) is 0.112. The van der Waals surface area contributed by atoms with Gasteiger partial charge in [0.1, 0.15) is 17.0 Å². The molecular weight excluding hydrogens is 908 g/mol. The number of hydrogen-bond donors (Lipinski definition) is 2. The zero-order valence-corrected chi connectivity index (χ0v) is 44.9. The third kappa shape index (κ3) is 13.5. The van der Waals surface area contributed by atoms with Crippen LogP contribution in [0.15, 0.2) is 60.8 Å². The fourth-order valence-corrected chi connectivity index (χ4v) is 9.48. The van der Waals surface area contributed by atoms with Crippen molar-refractivity contribution in [1.29, 1.82) is 0 Å². The average molecular weight is 978 g/mol. The summed E-state index contributed by atoms with van der Waals surface area (Å²) in [6.45, 7) is 33.6. The number of carbonyl (C=O) groups excluding carboxylic acids is 3. The summed E-state index contributed by atoms with van der Waals surface area (Å²) >= 11 is 14.0. The maximum atomic E-state index is 13.8. The molecule has 0 saturated carbocycles. The van der Waals surface area contributed by atoms with Crippen LogP contribution < -0.4 is 10.6 Å². The molecule has 5 rings (SSSR count). The molecule has 3 amide bonds. The lowest BCUT2D eigenvalue weighted by Crippen LogP contribution is -2.44. The molecule has 1 aliphatic heterocycles. The van der Waals surface area contributed by atoms with Gasteiger partial charge in [-0.3, -0.25) is 19.5 Å². The van der Waals surface area contributed by atoms with E-state index in [0.29, 0.717) is 60.1 Å². The van der Waals surface area contributed by atoms with Gasteiger partial charge < -0.3 is 29.1 Å². The Morgan fingerprint density at radius 1 is 0.773 bits per heavy atom. The van der Waals surface area contributed by atoms with Crippen molar-refractivity contribution in [3.8, 4) is 11.1 Å². The lowest BCUT2D eigenvalue weighted by Gasteiger charge is -2.37. The molecule has 2 aromatic carbocycles. The maximum absolute atomic E-state index is 13.8. The van der Waals surface area contributed by atoms with Gasteiger partial charge in [0.25, 0.3) is 11.8 Å². The van der Waals surface area contributed by atoms with Gasteiger partial charge in [-0.15, -0.1) is 0 Å². The Hall–Kier alpha value is -4.16. The molecular formula is C50H70Cl2N6O6Si2. The Morgan fingerprint density at radius 2 is 1.32 bits per heavy atom. The average Bonchev–Trinajstić information content (AvgIpc) is 3.20. The molecule has 0 bridgehead atoms. The summed E-state index contributed by atoms with van der Waals surface area (Å²) in [5, 5.41) is 6.56. The molecule has 12 nitrogen and oxygen atoms in total. The molecule has 0 aliphatic carbocycles. The standard InChI is InChI=1S/C50H70Cl2N6O6Si2/c1-33-29-41(54-42-32-57(24-23-35(33)42)25-27-62-65(11,12)49(5,6)7)46(60)56-39-20-16-18-37(44(39)52)36-17-15-19-38(43(36)51)55-45(59)40-22-21-34(30-53-40)31-58(47(61)64-48(2,3)4)26-28-63-66(13,14)50(8,9)10/h15-22,29-30H,23-28,31-32H2,1-14H3,(H,55,59)(H,56,60). The summed E-state index contributed by atoms with van der Waals surface area (Å²) in [5.41, 5.74) is 5.48. The molecule has 0 radical (unpaired) electrons. The van der Waals surface area contributed by atoms with E-state index in [-0.39, 0.29) is 38.3 Å². The highest BCUT2D eigenvalue weighted by atomic mass is 35.5. The fraction of sp³-hybridized carbons (Fsp3) is 0.500. The van der Waals surface area contributed by atoms with Crippen LogP contribution in [-0.4, -0.2) is 92.8 Å². The molecule has 1 aliphatic rings.